The molecule has 0 saturated carbocycles. The fourth-order valence-corrected chi connectivity index (χ4v) is 2.05. The summed E-state index contributed by atoms with van der Waals surface area (Å²) in [4.78, 5) is 11.3. The minimum Gasteiger partial charge on any atom is -0.495 e. The third-order valence-corrected chi connectivity index (χ3v) is 3.14. The Labute approximate surface area is 111 Å². The van der Waals surface area contributed by atoms with E-state index >= 15 is 0 Å². The summed E-state index contributed by atoms with van der Waals surface area (Å²) in [6.45, 7) is 2.13. The van der Waals surface area contributed by atoms with Gasteiger partial charge in [-0.2, -0.15) is 0 Å². The lowest BCUT2D eigenvalue weighted by Crippen LogP contribution is -2.18. The molecule has 0 atom stereocenters. The van der Waals surface area contributed by atoms with Crippen molar-refractivity contribution in [1.29, 1.82) is 0 Å². The van der Waals surface area contributed by atoms with Crippen LogP contribution < -0.4 is 15.2 Å². The van der Waals surface area contributed by atoms with Gasteiger partial charge in [-0.15, -0.1) is 0 Å². The third kappa shape index (κ3) is 4.51. The molecular weight excluding hydrogens is 272 g/mol. The monoisotopic (exact) mass is 288 g/mol. The van der Waals surface area contributed by atoms with Crippen molar-refractivity contribution in [3.8, 4) is 5.75 Å². The van der Waals surface area contributed by atoms with Gasteiger partial charge in [0.1, 0.15) is 17.3 Å². The van der Waals surface area contributed by atoms with Crippen LogP contribution in [0.2, 0.25) is 0 Å². The second kappa shape index (κ2) is 6.50. The lowest BCUT2D eigenvalue weighted by molar-refractivity contribution is -0.120. The molecule has 0 heterocycles. The standard InChI is InChI=1S/C11H16N2O5S/c1-3-18-7-11(14)13-8-4-5-10(19(12,15)16)9(6-8)17-2/h4-6H,3,7H2,1-2H3,(H,13,14)(H2,12,15,16). The Kier molecular flexibility index (Phi) is 5.28. The number of nitrogens with one attached hydrogen (secondary N) is 1. The van der Waals surface area contributed by atoms with E-state index in [4.69, 9.17) is 14.6 Å². The first-order valence-electron chi connectivity index (χ1n) is 5.47. The van der Waals surface area contributed by atoms with Gasteiger partial charge in [-0.1, -0.05) is 0 Å². The van der Waals surface area contributed by atoms with E-state index in [1.165, 1.54) is 25.3 Å². The van der Waals surface area contributed by atoms with Crippen molar-refractivity contribution in [2.24, 2.45) is 5.14 Å². The number of hydrogen-bond donors (Lipinski definition) is 2. The molecule has 1 aromatic rings. The van der Waals surface area contributed by atoms with Gasteiger partial charge in [0.05, 0.1) is 7.11 Å². The van der Waals surface area contributed by atoms with Gasteiger partial charge in [-0.3, -0.25) is 4.79 Å². The van der Waals surface area contributed by atoms with Gasteiger partial charge >= 0.3 is 0 Å². The van der Waals surface area contributed by atoms with E-state index < -0.39 is 10.0 Å². The van der Waals surface area contributed by atoms with E-state index in [0.717, 1.165) is 0 Å². The van der Waals surface area contributed by atoms with Crippen LogP contribution in [0.4, 0.5) is 5.69 Å². The zero-order valence-electron chi connectivity index (χ0n) is 10.7. The van der Waals surface area contributed by atoms with Crippen molar-refractivity contribution in [1.82, 2.24) is 0 Å². The van der Waals surface area contributed by atoms with Gasteiger partial charge in [0.15, 0.2) is 0 Å². The summed E-state index contributed by atoms with van der Waals surface area (Å²) in [5.41, 5.74) is 0.397. The van der Waals surface area contributed by atoms with Gasteiger partial charge in [0, 0.05) is 18.4 Å². The molecule has 7 nitrogen and oxygen atoms in total. The van der Waals surface area contributed by atoms with Crippen molar-refractivity contribution in [3.63, 3.8) is 0 Å². The van der Waals surface area contributed by atoms with E-state index in [0.29, 0.717) is 12.3 Å². The number of carbonyl (C=O) groups excluding carboxylic acids is 1. The third-order valence-electron chi connectivity index (χ3n) is 2.19. The summed E-state index contributed by atoms with van der Waals surface area (Å²) in [5.74, 6) is -0.274. The number of anilines is 1. The first-order valence-corrected chi connectivity index (χ1v) is 7.01. The molecule has 19 heavy (non-hydrogen) atoms. The van der Waals surface area contributed by atoms with Crippen LogP contribution in [-0.4, -0.2) is 34.6 Å². The Morgan fingerprint density at radius 1 is 1.42 bits per heavy atom. The van der Waals surface area contributed by atoms with E-state index in [1.807, 2.05) is 0 Å². The fourth-order valence-electron chi connectivity index (χ4n) is 1.37. The largest absolute Gasteiger partial charge is 0.495 e. The van der Waals surface area contributed by atoms with Crippen molar-refractivity contribution in [3.05, 3.63) is 18.2 Å². The Bertz CT molecular complexity index is 556. The SMILES string of the molecule is CCOCC(=O)Nc1ccc(S(N)(=O)=O)c(OC)c1. The van der Waals surface area contributed by atoms with Crippen LogP contribution in [0.25, 0.3) is 0 Å². The topological polar surface area (TPSA) is 108 Å². The molecule has 0 aliphatic rings. The molecule has 0 spiro atoms. The van der Waals surface area contributed by atoms with Crippen LogP contribution in [0, 0.1) is 0 Å². The molecule has 1 rings (SSSR count). The van der Waals surface area contributed by atoms with Crippen LogP contribution in [0.5, 0.6) is 5.75 Å². The van der Waals surface area contributed by atoms with Crippen molar-refractivity contribution in [2.45, 2.75) is 11.8 Å². The number of carbonyl (C=O) groups is 1. The molecule has 0 aliphatic carbocycles. The van der Waals surface area contributed by atoms with Gasteiger partial charge in [0.2, 0.25) is 15.9 Å². The summed E-state index contributed by atoms with van der Waals surface area (Å²) in [7, 11) is -2.55. The zero-order chi connectivity index (χ0) is 14.5. The molecule has 0 unspecified atom stereocenters. The van der Waals surface area contributed by atoms with Gasteiger partial charge in [0.25, 0.3) is 0 Å². The first kappa shape index (κ1) is 15.4. The number of nitrogens with two attached hydrogens (primary N) is 1. The second-order valence-corrected chi connectivity index (χ2v) is 5.13. The molecule has 0 radical (unpaired) electrons. The Morgan fingerprint density at radius 2 is 2.11 bits per heavy atom. The summed E-state index contributed by atoms with van der Waals surface area (Å²) in [6.07, 6.45) is 0. The number of sulfonamides is 1. The Hall–Kier alpha value is -1.64. The molecular formula is C11H16N2O5S. The molecule has 1 aromatic carbocycles. The maximum Gasteiger partial charge on any atom is 0.250 e. The highest BCUT2D eigenvalue weighted by atomic mass is 32.2. The van der Waals surface area contributed by atoms with E-state index in [-0.39, 0.29) is 23.2 Å². The van der Waals surface area contributed by atoms with Crippen molar-refractivity contribution < 1.29 is 22.7 Å². The summed E-state index contributed by atoms with van der Waals surface area (Å²) in [5, 5.41) is 7.59. The Morgan fingerprint density at radius 3 is 2.63 bits per heavy atom. The number of amides is 1. The normalized spacial score (nSPS) is 11.1. The molecule has 0 bridgehead atoms. The molecule has 3 N–H and O–H groups in total. The Balaban J connectivity index is 2.92. The molecule has 0 aliphatic heterocycles. The zero-order valence-corrected chi connectivity index (χ0v) is 11.5. The smallest absolute Gasteiger partial charge is 0.250 e. The molecule has 106 valence electrons. The summed E-state index contributed by atoms with van der Waals surface area (Å²) < 4.78 is 32.4. The number of methoxy groups -OCH3 is 1. The molecule has 0 fully saturated rings. The van der Waals surface area contributed by atoms with Crippen LogP contribution in [0.3, 0.4) is 0 Å². The summed E-state index contributed by atoms with van der Waals surface area (Å²) in [6, 6.07) is 4.07. The molecule has 1 amide bonds. The number of primary sulfonamides is 1. The van der Waals surface area contributed by atoms with Gasteiger partial charge < -0.3 is 14.8 Å². The quantitative estimate of drug-likeness (QED) is 0.783. The minimum absolute atomic E-state index is 0.0664. The maximum absolute atomic E-state index is 11.4. The highest BCUT2D eigenvalue weighted by Gasteiger charge is 2.15. The second-order valence-electron chi connectivity index (χ2n) is 3.60. The van der Waals surface area contributed by atoms with Crippen molar-refractivity contribution in [2.75, 3.05) is 25.6 Å². The van der Waals surface area contributed by atoms with E-state index in [9.17, 15) is 13.2 Å². The minimum atomic E-state index is -3.87. The fraction of sp³-hybridized carbons (Fsp3) is 0.364. The molecule has 8 heteroatoms. The number of ether oxygens (including phenoxy) is 2. The van der Waals surface area contributed by atoms with Crippen molar-refractivity contribution >= 4 is 21.6 Å². The van der Waals surface area contributed by atoms with E-state index in [2.05, 4.69) is 5.32 Å². The van der Waals surface area contributed by atoms with Gasteiger partial charge in [-0.05, 0) is 19.1 Å². The maximum atomic E-state index is 11.4. The van der Waals surface area contributed by atoms with E-state index in [1.54, 1.807) is 6.92 Å². The first-order chi connectivity index (χ1) is 8.88. The highest BCUT2D eigenvalue weighted by molar-refractivity contribution is 7.89. The number of rotatable bonds is 6. The van der Waals surface area contributed by atoms with Crippen LogP contribution >= 0.6 is 0 Å². The van der Waals surface area contributed by atoms with Crippen LogP contribution in [0.1, 0.15) is 6.92 Å². The molecule has 0 aromatic heterocycles. The number of benzene rings is 1. The van der Waals surface area contributed by atoms with Gasteiger partial charge in [-0.25, -0.2) is 13.6 Å². The lowest BCUT2D eigenvalue weighted by Gasteiger charge is -2.10. The highest BCUT2D eigenvalue weighted by Crippen LogP contribution is 2.26. The predicted molar refractivity (Wildman–Crippen MR) is 69.5 cm³/mol. The lowest BCUT2D eigenvalue weighted by atomic mass is 10.3. The molecule has 0 saturated heterocycles. The van der Waals surface area contributed by atoms with Crippen LogP contribution in [0.15, 0.2) is 23.1 Å². The average Bonchev–Trinajstić information content (AvgIpc) is 2.34. The predicted octanol–water partition coefficient (Wildman–Crippen LogP) is 0.318. The average molecular weight is 288 g/mol. The van der Waals surface area contributed by atoms with Crippen LogP contribution in [-0.2, 0) is 19.6 Å². The number of hydrogen-bond acceptors (Lipinski definition) is 5. The summed E-state index contributed by atoms with van der Waals surface area (Å²) >= 11 is 0.